The predicted molar refractivity (Wildman–Crippen MR) is 183 cm³/mol. The van der Waals surface area contributed by atoms with Gasteiger partial charge in [-0.05, 0) is 103 Å². The van der Waals surface area contributed by atoms with Crippen LogP contribution in [-0.2, 0) is 20.9 Å². The first-order valence-corrected chi connectivity index (χ1v) is 17.4. The number of ether oxygens (including phenoxy) is 2. The molecule has 0 N–H and O–H groups in total. The van der Waals surface area contributed by atoms with Gasteiger partial charge >= 0.3 is 6.09 Å². The van der Waals surface area contributed by atoms with Gasteiger partial charge in [-0.3, -0.25) is 9.59 Å². The zero-order valence-corrected chi connectivity index (χ0v) is 29.8. The molecule has 3 aliphatic rings. The molecule has 3 fully saturated rings. The summed E-state index contributed by atoms with van der Waals surface area (Å²) in [4.78, 5) is 47.7. The molecular formula is C36H49BrN4O5. The molecule has 2 aromatic carbocycles. The first kappa shape index (κ1) is 34.1. The molecule has 5 rings (SSSR count). The largest absolute Gasteiger partial charge is 0.478 e. The van der Waals surface area contributed by atoms with Crippen molar-refractivity contribution in [3.05, 3.63) is 58.1 Å². The molecule has 0 aromatic heterocycles. The number of piperazine rings is 1. The lowest BCUT2D eigenvalue weighted by Gasteiger charge is -2.39. The van der Waals surface area contributed by atoms with Crippen LogP contribution in [0, 0.1) is 12.8 Å². The Bertz CT molecular complexity index is 1430. The topological polar surface area (TPSA) is 82.6 Å². The second kappa shape index (κ2) is 13.8. The van der Waals surface area contributed by atoms with Gasteiger partial charge in [0.1, 0.15) is 11.4 Å². The van der Waals surface area contributed by atoms with Gasteiger partial charge in [0.05, 0.1) is 5.92 Å². The molecule has 0 unspecified atom stereocenters. The van der Waals surface area contributed by atoms with Gasteiger partial charge < -0.3 is 29.1 Å². The quantitative estimate of drug-likeness (QED) is 0.318. The number of halogens is 1. The second-order valence-corrected chi connectivity index (χ2v) is 15.3. The van der Waals surface area contributed by atoms with Crippen molar-refractivity contribution in [1.82, 2.24) is 14.7 Å². The number of hydrogen-bond donors (Lipinski definition) is 0. The maximum Gasteiger partial charge on any atom is 0.410 e. The number of amides is 3. The van der Waals surface area contributed by atoms with E-state index in [1.807, 2.05) is 45.0 Å². The molecule has 2 aliphatic heterocycles. The monoisotopic (exact) mass is 696 g/mol. The average Bonchev–Trinajstić information content (AvgIpc) is 3.85. The van der Waals surface area contributed by atoms with Crippen LogP contribution in [0.4, 0.5) is 10.5 Å². The van der Waals surface area contributed by atoms with Crippen LogP contribution < -0.4 is 9.64 Å². The molecule has 1 aliphatic carbocycles. The van der Waals surface area contributed by atoms with Crippen LogP contribution in [0.3, 0.4) is 0 Å². The molecule has 0 radical (unpaired) electrons. The lowest BCUT2D eigenvalue weighted by atomic mass is 9.95. The van der Waals surface area contributed by atoms with Crippen molar-refractivity contribution in [3.8, 4) is 5.75 Å². The summed E-state index contributed by atoms with van der Waals surface area (Å²) >= 11 is 3.55. The summed E-state index contributed by atoms with van der Waals surface area (Å²) in [6.07, 6.45) is 3.62. The van der Waals surface area contributed by atoms with E-state index in [1.54, 1.807) is 23.6 Å². The summed E-state index contributed by atoms with van der Waals surface area (Å²) in [6.45, 7) is 15.1. The van der Waals surface area contributed by atoms with Gasteiger partial charge in [0.25, 0.3) is 5.91 Å². The molecule has 2 aromatic rings. The van der Waals surface area contributed by atoms with Crippen molar-refractivity contribution in [2.24, 2.45) is 5.92 Å². The van der Waals surface area contributed by atoms with Gasteiger partial charge in [0.15, 0.2) is 5.60 Å². The molecule has 2 heterocycles. The highest BCUT2D eigenvalue weighted by Gasteiger charge is 2.39. The van der Waals surface area contributed by atoms with E-state index in [9.17, 15) is 14.4 Å². The van der Waals surface area contributed by atoms with E-state index in [0.29, 0.717) is 51.1 Å². The van der Waals surface area contributed by atoms with Crippen LogP contribution in [0.5, 0.6) is 5.75 Å². The Kier molecular flexibility index (Phi) is 10.3. The third-order valence-corrected chi connectivity index (χ3v) is 9.47. The molecule has 250 valence electrons. The molecule has 3 amide bonds. The van der Waals surface area contributed by atoms with Crippen LogP contribution in [0.2, 0.25) is 0 Å². The van der Waals surface area contributed by atoms with Gasteiger partial charge in [-0.1, -0.05) is 28.1 Å². The Morgan fingerprint density at radius 2 is 1.61 bits per heavy atom. The Morgan fingerprint density at radius 1 is 0.913 bits per heavy atom. The van der Waals surface area contributed by atoms with E-state index in [-0.39, 0.29) is 23.8 Å². The third-order valence-electron chi connectivity index (χ3n) is 8.98. The Hall–Kier alpha value is -3.27. The van der Waals surface area contributed by atoms with E-state index < -0.39 is 11.2 Å². The first-order valence-electron chi connectivity index (χ1n) is 16.6. The minimum Gasteiger partial charge on any atom is -0.478 e. The number of carbonyl (C=O) groups is 3. The summed E-state index contributed by atoms with van der Waals surface area (Å²) in [6, 6.07) is 14.5. The van der Waals surface area contributed by atoms with E-state index in [1.165, 1.54) is 11.1 Å². The highest BCUT2D eigenvalue weighted by atomic mass is 79.9. The minimum atomic E-state index is -1.09. The summed E-state index contributed by atoms with van der Waals surface area (Å²) in [5.41, 5.74) is 1.73. The van der Waals surface area contributed by atoms with Crippen molar-refractivity contribution in [2.75, 3.05) is 44.2 Å². The van der Waals surface area contributed by atoms with Gasteiger partial charge in [-0.15, -0.1) is 0 Å². The molecule has 0 spiro atoms. The molecular weight excluding hydrogens is 648 g/mol. The van der Waals surface area contributed by atoms with E-state index >= 15 is 0 Å². The van der Waals surface area contributed by atoms with Crippen molar-refractivity contribution in [1.29, 1.82) is 0 Å². The van der Waals surface area contributed by atoms with E-state index in [0.717, 1.165) is 42.4 Å². The van der Waals surface area contributed by atoms with Crippen LogP contribution in [0.25, 0.3) is 0 Å². The molecule has 2 saturated heterocycles. The highest BCUT2D eigenvalue weighted by molar-refractivity contribution is 9.10. The van der Waals surface area contributed by atoms with Crippen LogP contribution in [0.1, 0.15) is 71.4 Å². The fourth-order valence-corrected chi connectivity index (χ4v) is 6.80. The normalized spacial score (nSPS) is 19.1. The smallest absolute Gasteiger partial charge is 0.410 e. The van der Waals surface area contributed by atoms with E-state index in [2.05, 4.69) is 50.9 Å². The summed E-state index contributed by atoms with van der Waals surface area (Å²) in [5.74, 6) is 0.682. The Morgan fingerprint density at radius 3 is 2.26 bits per heavy atom. The lowest BCUT2D eigenvalue weighted by molar-refractivity contribution is -0.147. The molecule has 46 heavy (non-hydrogen) atoms. The third kappa shape index (κ3) is 8.55. The van der Waals surface area contributed by atoms with Gasteiger partial charge in [0.2, 0.25) is 5.91 Å². The maximum absolute atomic E-state index is 13.9. The standard InChI is InChI=1S/C36H49BrN4O5/c1-25-21-28(37)13-12-26(25)24-41(29-14-15-29)32(42)27-9-8-16-40(23-27)30-10-7-11-31(22-30)45-36(5,6)33(43)38-17-19-39(20-18-38)34(44)46-35(2,3)4/h7,10-13,21-22,27,29H,8-9,14-20,23-24H2,1-6H3/t27-/m1/s1. The van der Waals surface area contributed by atoms with Gasteiger partial charge in [-0.25, -0.2) is 4.79 Å². The van der Waals surface area contributed by atoms with Crippen molar-refractivity contribution in [3.63, 3.8) is 0 Å². The zero-order chi connectivity index (χ0) is 33.2. The lowest BCUT2D eigenvalue weighted by Crippen LogP contribution is -2.57. The second-order valence-electron chi connectivity index (χ2n) is 14.4. The summed E-state index contributed by atoms with van der Waals surface area (Å²) in [7, 11) is 0. The average molecular weight is 698 g/mol. The number of aryl methyl sites for hydroxylation is 1. The predicted octanol–water partition coefficient (Wildman–Crippen LogP) is 6.40. The summed E-state index contributed by atoms with van der Waals surface area (Å²) < 4.78 is 12.9. The number of piperidine rings is 1. The number of hydrogen-bond acceptors (Lipinski definition) is 6. The molecule has 9 nitrogen and oxygen atoms in total. The molecule has 1 saturated carbocycles. The van der Waals surface area contributed by atoms with Gasteiger partial charge in [0, 0.05) is 68.1 Å². The number of nitrogens with zero attached hydrogens (tertiary/aromatic N) is 4. The van der Waals surface area contributed by atoms with Crippen molar-refractivity contribution < 1.29 is 23.9 Å². The fraction of sp³-hybridized carbons (Fsp3) is 0.583. The Balaban J connectivity index is 1.19. The van der Waals surface area contributed by atoms with Gasteiger partial charge in [-0.2, -0.15) is 0 Å². The Labute approximate surface area is 282 Å². The van der Waals surface area contributed by atoms with Crippen LogP contribution in [-0.4, -0.2) is 89.1 Å². The first-order chi connectivity index (χ1) is 21.7. The zero-order valence-electron chi connectivity index (χ0n) is 28.2. The maximum atomic E-state index is 13.9. The SMILES string of the molecule is Cc1cc(Br)ccc1CN(C(=O)[C@@H]1CCCN(c2cccc(OC(C)(C)C(=O)N3CCN(C(=O)OC(C)(C)C)CC3)c2)C1)C1CC1. The number of rotatable bonds is 8. The highest BCUT2D eigenvalue weighted by Crippen LogP contribution is 2.34. The number of benzene rings is 2. The van der Waals surface area contributed by atoms with E-state index in [4.69, 9.17) is 9.47 Å². The number of anilines is 1. The molecule has 0 bridgehead atoms. The summed E-state index contributed by atoms with van der Waals surface area (Å²) in [5, 5.41) is 0. The van der Waals surface area contributed by atoms with Crippen LogP contribution in [0.15, 0.2) is 46.9 Å². The molecule has 1 atom stereocenters. The number of carbonyl (C=O) groups excluding carboxylic acids is 3. The fourth-order valence-electron chi connectivity index (χ4n) is 6.32. The van der Waals surface area contributed by atoms with Crippen molar-refractivity contribution >= 4 is 39.5 Å². The molecule has 10 heteroatoms. The van der Waals surface area contributed by atoms with Crippen molar-refractivity contribution in [2.45, 2.75) is 91.0 Å². The van der Waals surface area contributed by atoms with Crippen LogP contribution >= 0.6 is 15.9 Å². The minimum absolute atomic E-state index is 0.0629.